The molecular formula is C12H15NO3S. The highest BCUT2D eigenvalue weighted by molar-refractivity contribution is 7.80. The fraction of sp³-hybridized carbons (Fsp3) is 0.333. The quantitative estimate of drug-likeness (QED) is 0.666. The first-order chi connectivity index (χ1) is 8.13. The molecule has 0 fully saturated rings. The van der Waals surface area contributed by atoms with Gasteiger partial charge < -0.3 is 10.4 Å². The molecule has 92 valence electrons. The Hall–Kier alpha value is -1.49. The minimum Gasteiger partial charge on any atom is -0.480 e. The molecular weight excluding hydrogens is 238 g/mol. The molecule has 0 aromatic heterocycles. The van der Waals surface area contributed by atoms with Gasteiger partial charge in [0.15, 0.2) is 0 Å². The first kappa shape index (κ1) is 13.6. The average molecular weight is 253 g/mol. The van der Waals surface area contributed by atoms with Gasteiger partial charge in [0, 0.05) is 0 Å². The maximum absolute atomic E-state index is 11.6. The third kappa shape index (κ3) is 4.91. The van der Waals surface area contributed by atoms with Gasteiger partial charge in [-0.1, -0.05) is 30.3 Å². The van der Waals surface area contributed by atoms with E-state index in [1.165, 1.54) is 0 Å². The van der Waals surface area contributed by atoms with Crippen LogP contribution in [0.5, 0.6) is 0 Å². The molecule has 1 atom stereocenters. The van der Waals surface area contributed by atoms with E-state index in [-0.39, 0.29) is 12.3 Å². The largest absolute Gasteiger partial charge is 0.480 e. The number of carboxylic acid groups (broad SMARTS) is 1. The Morgan fingerprint density at radius 3 is 2.47 bits per heavy atom. The molecule has 0 unspecified atom stereocenters. The van der Waals surface area contributed by atoms with Crippen molar-refractivity contribution in [2.24, 2.45) is 0 Å². The SMILES string of the molecule is O=C(Cc1ccccc1)N[C@@H](CCS)C(=O)O. The Morgan fingerprint density at radius 2 is 1.94 bits per heavy atom. The van der Waals surface area contributed by atoms with Gasteiger partial charge in [-0.15, -0.1) is 0 Å². The van der Waals surface area contributed by atoms with Crippen LogP contribution in [0, 0.1) is 0 Å². The zero-order valence-electron chi connectivity index (χ0n) is 9.30. The van der Waals surface area contributed by atoms with Gasteiger partial charge in [0.2, 0.25) is 5.91 Å². The maximum atomic E-state index is 11.6. The Balaban J connectivity index is 2.51. The first-order valence-electron chi connectivity index (χ1n) is 5.30. The lowest BCUT2D eigenvalue weighted by Gasteiger charge is -2.13. The molecule has 1 amide bonds. The molecule has 0 saturated carbocycles. The second-order valence-electron chi connectivity index (χ2n) is 3.63. The van der Waals surface area contributed by atoms with Crippen molar-refractivity contribution >= 4 is 24.5 Å². The standard InChI is InChI=1S/C12H15NO3S/c14-11(8-9-4-2-1-3-5-9)13-10(6-7-17)12(15)16/h1-5,10,17H,6-8H2,(H,13,14)(H,15,16)/t10-/m0/s1. The smallest absolute Gasteiger partial charge is 0.326 e. The number of aliphatic carboxylic acids is 1. The Kier molecular flexibility index (Phi) is 5.56. The second-order valence-corrected chi connectivity index (χ2v) is 4.08. The molecule has 17 heavy (non-hydrogen) atoms. The highest BCUT2D eigenvalue weighted by atomic mass is 32.1. The Bertz CT molecular complexity index is 381. The van der Waals surface area contributed by atoms with Crippen molar-refractivity contribution < 1.29 is 14.7 Å². The van der Waals surface area contributed by atoms with E-state index in [1.807, 2.05) is 30.3 Å². The fourth-order valence-corrected chi connectivity index (χ4v) is 1.67. The average Bonchev–Trinajstić information content (AvgIpc) is 2.29. The molecule has 4 nitrogen and oxygen atoms in total. The normalized spacial score (nSPS) is 11.8. The van der Waals surface area contributed by atoms with Crippen molar-refractivity contribution in [1.82, 2.24) is 5.32 Å². The van der Waals surface area contributed by atoms with Crippen LogP contribution in [0.25, 0.3) is 0 Å². The van der Waals surface area contributed by atoms with Gasteiger partial charge in [0.1, 0.15) is 6.04 Å². The summed E-state index contributed by atoms with van der Waals surface area (Å²) >= 11 is 3.96. The number of benzene rings is 1. The van der Waals surface area contributed by atoms with Gasteiger partial charge in [-0.2, -0.15) is 12.6 Å². The van der Waals surface area contributed by atoms with E-state index in [9.17, 15) is 9.59 Å². The highest BCUT2D eigenvalue weighted by Gasteiger charge is 2.18. The van der Waals surface area contributed by atoms with E-state index in [0.717, 1.165) is 5.56 Å². The van der Waals surface area contributed by atoms with Crippen molar-refractivity contribution in [3.8, 4) is 0 Å². The number of carbonyl (C=O) groups excluding carboxylic acids is 1. The van der Waals surface area contributed by atoms with Crippen LogP contribution >= 0.6 is 12.6 Å². The van der Waals surface area contributed by atoms with Crippen LogP contribution in [0.1, 0.15) is 12.0 Å². The molecule has 0 saturated heterocycles. The number of carboxylic acids is 1. The van der Waals surface area contributed by atoms with Crippen LogP contribution in [-0.2, 0) is 16.0 Å². The van der Waals surface area contributed by atoms with Gasteiger partial charge >= 0.3 is 5.97 Å². The van der Waals surface area contributed by atoms with Crippen molar-refractivity contribution in [2.45, 2.75) is 18.9 Å². The van der Waals surface area contributed by atoms with Crippen LogP contribution in [0.15, 0.2) is 30.3 Å². The summed E-state index contributed by atoms with van der Waals surface area (Å²) in [6.07, 6.45) is 0.510. The third-order valence-corrected chi connectivity index (χ3v) is 2.52. The van der Waals surface area contributed by atoms with Crippen LogP contribution in [0.2, 0.25) is 0 Å². The van der Waals surface area contributed by atoms with Gasteiger partial charge in [-0.25, -0.2) is 4.79 Å². The first-order valence-corrected chi connectivity index (χ1v) is 5.93. The molecule has 0 heterocycles. The molecule has 5 heteroatoms. The summed E-state index contributed by atoms with van der Waals surface area (Å²) in [7, 11) is 0. The molecule has 0 bridgehead atoms. The monoisotopic (exact) mass is 253 g/mol. The Labute approximate surface area is 105 Å². The van der Waals surface area contributed by atoms with E-state index in [1.54, 1.807) is 0 Å². The van der Waals surface area contributed by atoms with Crippen molar-refractivity contribution in [3.05, 3.63) is 35.9 Å². The summed E-state index contributed by atoms with van der Waals surface area (Å²) in [5.41, 5.74) is 0.861. The lowest BCUT2D eigenvalue weighted by atomic mass is 10.1. The zero-order chi connectivity index (χ0) is 12.7. The number of nitrogens with one attached hydrogen (secondary N) is 1. The van der Waals surface area contributed by atoms with E-state index in [0.29, 0.717) is 12.2 Å². The van der Waals surface area contributed by atoms with E-state index in [4.69, 9.17) is 5.11 Å². The van der Waals surface area contributed by atoms with E-state index < -0.39 is 12.0 Å². The minimum absolute atomic E-state index is 0.192. The highest BCUT2D eigenvalue weighted by Crippen LogP contribution is 2.01. The lowest BCUT2D eigenvalue weighted by Crippen LogP contribution is -2.41. The molecule has 0 aliphatic carbocycles. The number of rotatable bonds is 6. The van der Waals surface area contributed by atoms with Gasteiger partial charge in [-0.05, 0) is 17.7 Å². The fourth-order valence-electron chi connectivity index (χ4n) is 1.41. The van der Waals surface area contributed by atoms with Crippen LogP contribution in [0.4, 0.5) is 0 Å². The van der Waals surface area contributed by atoms with Crippen molar-refractivity contribution in [3.63, 3.8) is 0 Å². The van der Waals surface area contributed by atoms with Crippen LogP contribution < -0.4 is 5.32 Å². The third-order valence-electron chi connectivity index (χ3n) is 2.26. The topological polar surface area (TPSA) is 66.4 Å². The molecule has 0 aliphatic rings. The van der Waals surface area contributed by atoms with Crippen LogP contribution in [-0.4, -0.2) is 28.8 Å². The van der Waals surface area contributed by atoms with Crippen LogP contribution in [0.3, 0.4) is 0 Å². The lowest BCUT2D eigenvalue weighted by molar-refractivity contribution is -0.141. The molecule has 0 radical (unpaired) electrons. The molecule has 2 N–H and O–H groups in total. The summed E-state index contributed by atoms with van der Waals surface area (Å²) in [6.45, 7) is 0. The zero-order valence-corrected chi connectivity index (χ0v) is 10.2. The van der Waals surface area contributed by atoms with Crippen molar-refractivity contribution in [2.75, 3.05) is 5.75 Å². The van der Waals surface area contributed by atoms with E-state index in [2.05, 4.69) is 17.9 Å². The molecule has 0 spiro atoms. The Morgan fingerprint density at radius 1 is 1.29 bits per heavy atom. The molecule has 1 aromatic carbocycles. The minimum atomic E-state index is -1.03. The summed E-state index contributed by atoms with van der Waals surface area (Å²) in [5.74, 6) is -0.895. The molecule has 1 rings (SSSR count). The number of hydrogen-bond acceptors (Lipinski definition) is 3. The van der Waals surface area contributed by atoms with Gasteiger partial charge in [-0.3, -0.25) is 4.79 Å². The summed E-state index contributed by atoms with van der Waals surface area (Å²) < 4.78 is 0. The number of carbonyl (C=O) groups is 2. The second kappa shape index (κ2) is 6.96. The predicted octanol–water partition coefficient (Wildman–Crippen LogP) is 1.12. The van der Waals surface area contributed by atoms with Gasteiger partial charge in [0.25, 0.3) is 0 Å². The van der Waals surface area contributed by atoms with Crippen molar-refractivity contribution in [1.29, 1.82) is 0 Å². The van der Waals surface area contributed by atoms with Gasteiger partial charge in [0.05, 0.1) is 6.42 Å². The molecule has 1 aromatic rings. The number of amides is 1. The number of thiol groups is 1. The number of hydrogen-bond donors (Lipinski definition) is 3. The van der Waals surface area contributed by atoms with E-state index >= 15 is 0 Å². The summed E-state index contributed by atoms with van der Waals surface area (Å²) in [6, 6.07) is 8.34. The summed E-state index contributed by atoms with van der Waals surface area (Å²) in [5, 5.41) is 11.3. The predicted molar refractivity (Wildman–Crippen MR) is 68.2 cm³/mol. The molecule has 0 aliphatic heterocycles. The summed E-state index contributed by atoms with van der Waals surface area (Å²) in [4.78, 5) is 22.4. The maximum Gasteiger partial charge on any atom is 0.326 e.